The van der Waals surface area contributed by atoms with Crippen LogP contribution in [0.3, 0.4) is 0 Å². The van der Waals surface area contributed by atoms with E-state index in [2.05, 4.69) is 23.6 Å². The van der Waals surface area contributed by atoms with Crippen molar-refractivity contribution in [2.24, 2.45) is 0 Å². The molecule has 9 heavy (non-hydrogen) atoms. The SMILES string of the molecule is C[C]1=[Tl][CH]=CC(Cl)=C1C. The third-order valence-corrected chi connectivity index (χ3v) is 7.07. The van der Waals surface area contributed by atoms with Gasteiger partial charge in [-0.15, -0.1) is 0 Å². The van der Waals surface area contributed by atoms with Crippen molar-refractivity contribution in [2.45, 2.75) is 13.8 Å². The van der Waals surface area contributed by atoms with Crippen molar-refractivity contribution in [1.29, 1.82) is 0 Å². The van der Waals surface area contributed by atoms with E-state index in [1.54, 1.807) is 3.06 Å². The first kappa shape index (κ1) is 7.67. The van der Waals surface area contributed by atoms with E-state index in [9.17, 15) is 0 Å². The van der Waals surface area contributed by atoms with Gasteiger partial charge in [-0.05, 0) is 0 Å². The summed E-state index contributed by atoms with van der Waals surface area (Å²) in [6, 6.07) is 0. The molecule has 2 heteroatoms. The van der Waals surface area contributed by atoms with Gasteiger partial charge in [-0.25, -0.2) is 0 Å². The van der Waals surface area contributed by atoms with Crippen molar-refractivity contribution in [1.82, 2.24) is 0 Å². The minimum atomic E-state index is -0.608. The Morgan fingerprint density at radius 3 is 2.56 bits per heavy atom. The summed E-state index contributed by atoms with van der Waals surface area (Å²) >= 11 is 5.26. The Morgan fingerprint density at radius 2 is 2.11 bits per heavy atom. The number of halogens is 1. The van der Waals surface area contributed by atoms with Crippen molar-refractivity contribution < 1.29 is 0 Å². The fourth-order valence-electron chi connectivity index (χ4n) is 0.715. The quantitative estimate of drug-likeness (QED) is 0.595. The number of hydrogen-bond donors (Lipinski definition) is 0. The van der Waals surface area contributed by atoms with Gasteiger partial charge >= 0.3 is 72.6 Å². The molecule has 0 aliphatic carbocycles. The van der Waals surface area contributed by atoms with E-state index in [0.29, 0.717) is 0 Å². The Balaban J connectivity index is 3.06. The van der Waals surface area contributed by atoms with Crippen LogP contribution in [0, 0.1) is 0 Å². The Labute approximate surface area is 72.3 Å². The van der Waals surface area contributed by atoms with Crippen molar-refractivity contribution in [3.05, 3.63) is 20.3 Å². The average Bonchev–Trinajstić information content (AvgIpc) is 1.83. The molecule has 0 aromatic heterocycles. The molecule has 0 saturated heterocycles. The van der Waals surface area contributed by atoms with E-state index in [1.807, 2.05) is 0 Å². The van der Waals surface area contributed by atoms with Crippen LogP contribution < -0.4 is 0 Å². The van der Waals surface area contributed by atoms with Gasteiger partial charge in [-0.3, -0.25) is 0 Å². The van der Waals surface area contributed by atoms with E-state index in [4.69, 9.17) is 11.6 Å². The third-order valence-electron chi connectivity index (χ3n) is 1.54. The van der Waals surface area contributed by atoms with Gasteiger partial charge < -0.3 is 0 Å². The van der Waals surface area contributed by atoms with E-state index in [0.717, 1.165) is 5.03 Å². The van der Waals surface area contributed by atoms with Crippen molar-refractivity contribution in [3.63, 3.8) is 0 Å². The van der Waals surface area contributed by atoms with Crippen molar-refractivity contribution in [3.8, 4) is 0 Å². The van der Waals surface area contributed by atoms with Crippen LogP contribution in [0.25, 0.3) is 0 Å². The molecule has 1 heterocycles. The minimum absolute atomic E-state index is 0.608. The third kappa shape index (κ3) is 1.74. The molecule has 0 amide bonds. The van der Waals surface area contributed by atoms with Gasteiger partial charge in [-0.2, -0.15) is 0 Å². The number of allylic oxidation sites excluding steroid dienone is 3. The standard InChI is InChI=1S/C7H8Cl.Tl/c1-4-6(3)7(8)5-2;/h2,5H,1,3H3;. The van der Waals surface area contributed by atoms with Crippen LogP contribution in [0.1, 0.15) is 13.8 Å². The predicted molar refractivity (Wildman–Crippen MR) is 44.1 cm³/mol. The second kappa shape index (κ2) is 3.10. The van der Waals surface area contributed by atoms with Crippen LogP contribution in [-0.4, -0.2) is 26.8 Å². The zero-order valence-corrected chi connectivity index (χ0v) is 10.9. The number of rotatable bonds is 0. The molecular formula is C7H8ClTl. The summed E-state index contributed by atoms with van der Waals surface area (Å²) in [6.45, 7) is 4.31. The van der Waals surface area contributed by atoms with Crippen LogP contribution in [-0.2, 0) is 0 Å². The molecule has 1 aliphatic rings. The Hall–Kier alpha value is 0.562. The molecule has 1 aliphatic heterocycles. The van der Waals surface area contributed by atoms with Gasteiger partial charge in [0, 0.05) is 0 Å². The average molecular weight is 332 g/mol. The molecule has 0 radical (unpaired) electrons. The van der Waals surface area contributed by atoms with Crippen molar-refractivity contribution >= 4 is 38.4 Å². The summed E-state index contributed by atoms with van der Waals surface area (Å²) in [5.74, 6) is 0. The summed E-state index contributed by atoms with van der Waals surface area (Å²) in [7, 11) is 0. The van der Waals surface area contributed by atoms with Crippen LogP contribution in [0.2, 0.25) is 0 Å². The van der Waals surface area contributed by atoms with Gasteiger partial charge in [0.05, 0.1) is 0 Å². The van der Waals surface area contributed by atoms with Crippen LogP contribution in [0.15, 0.2) is 20.3 Å². The Kier molecular flexibility index (Phi) is 2.64. The van der Waals surface area contributed by atoms with Crippen molar-refractivity contribution in [2.75, 3.05) is 0 Å². The van der Waals surface area contributed by atoms with Gasteiger partial charge in [-0.1, -0.05) is 0 Å². The van der Waals surface area contributed by atoms with Gasteiger partial charge in [0.1, 0.15) is 0 Å². The first-order valence-corrected chi connectivity index (χ1v) is 8.15. The molecule has 0 bridgehead atoms. The van der Waals surface area contributed by atoms with E-state index in [1.165, 1.54) is 5.57 Å². The molecule has 46 valence electrons. The second-order valence-corrected chi connectivity index (χ2v) is 8.75. The van der Waals surface area contributed by atoms with Crippen LogP contribution in [0.4, 0.5) is 0 Å². The molecule has 0 aromatic carbocycles. The first-order valence-electron chi connectivity index (χ1n) is 2.93. The Morgan fingerprint density at radius 1 is 1.44 bits per heavy atom. The fourth-order valence-corrected chi connectivity index (χ4v) is 5.59. The molecule has 0 saturated carbocycles. The van der Waals surface area contributed by atoms with E-state index in [-0.39, 0.29) is 0 Å². The van der Waals surface area contributed by atoms with E-state index >= 15 is 0 Å². The zero-order chi connectivity index (χ0) is 6.85. The summed E-state index contributed by atoms with van der Waals surface area (Å²) in [5.41, 5.74) is 1.33. The van der Waals surface area contributed by atoms with Gasteiger partial charge in [0.2, 0.25) is 0 Å². The molecule has 0 aromatic rings. The van der Waals surface area contributed by atoms with E-state index < -0.39 is 23.7 Å². The van der Waals surface area contributed by atoms with Gasteiger partial charge in [0.25, 0.3) is 0 Å². The normalized spacial score (nSPS) is 17.4. The maximum absolute atomic E-state index is 5.87. The molecule has 1 rings (SSSR count). The first-order chi connectivity index (χ1) is 4.22. The molecule has 0 atom stereocenters. The second-order valence-electron chi connectivity index (χ2n) is 2.18. The topological polar surface area (TPSA) is 0 Å². The van der Waals surface area contributed by atoms with Crippen LogP contribution in [0.5, 0.6) is 0 Å². The molecule has 0 nitrogen and oxygen atoms in total. The Bertz CT molecular complexity index is 211. The summed E-state index contributed by atoms with van der Waals surface area (Å²) < 4.78 is 3.88. The molecule has 0 fully saturated rings. The predicted octanol–water partition coefficient (Wildman–Crippen LogP) is 1.92. The van der Waals surface area contributed by atoms with Crippen LogP contribution >= 0.6 is 11.6 Å². The summed E-state index contributed by atoms with van der Waals surface area (Å²) in [5, 5.41) is 0.940. The molecule has 0 spiro atoms. The summed E-state index contributed by atoms with van der Waals surface area (Å²) in [4.78, 5) is 0. The number of hydrogen-bond acceptors (Lipinski definition) is 0. The fraction of sp³-hybridized carbons (Fsp3) is 0.286. The monoisotopic (exact) mass is 332 g/mol. The zero-order valence-electron chi connectivity index (χ0n) is 5.61. The van der Waals surface area contributed by atoms with Gasteiger partial charge in [0.15, 0.2) is 0 Å². The summed E-state index contributed by atoms with van der Waals surface area (Å²) in [6.07, 6.45) is 2.05. The maximum atomic E-state index is 5.87. The molecule has 0 unspecified atom stereocenters. The molecule has 0 N–H and O–H groups in total. The molecular weight excluding hydrogens is 324 g/mol.